The molecule has 4 amide bonds. The lowest BCUT2D eigenvalue weighted by atomic mass is 10.0. The Hall–Kier alpha value is -3.93. The highest BCUT2D eigenvalue weighted by Crippen LogP contribution is 2.22. The summed E-state index contributed by atoms with van der Waals surface area (Å²) in [6, 6.07) is 24.7. The molecular weight excluding hydrogens is 390 g/mol. The van der Waals surface area contributed by atoms with Crippen molar-refractivity contribution in [3.05, 3.63) is 95.6 Å². The van der Waals surface area contributed by atoms with Gasteiger partial charge in [0.25, 0.3) is 5.91 Å². The van der Waals surface area contributed by atoms with E-state index in [1.165, 1.54) is 0 Å². The molecule has 0 spiro atoms. The van der Waals surface area contributed by atoms with Gasteiger partial charge < -0.3 is 10.6 Å². The van der Waals surface area contributed by atoms with Gasteiger partial charge >= 0.3 is 6.03 Å². The van der Waals surface area contributed by atoms with Crippen LogP contribution in [0, 0.1) is 0 Å². The molecule has 1 aliphatic rings. The third kappa shape index (κ3) is 4.64. The Morgan fingerprint density at radius 3 is 2.19 bits per heavy atom. The van der Waals surface area contributed by atoms with Gasteiger partial charge in [-0.05, 0) is 41.3 Å². The summed E-state index contributed by atoms with van der Waals surface area (Å²) in [4.78, 5) is 37.2. The molecule has 1 unspecified atom stereocenters. The van der Waals surface area contributed by atoms with E-state index in [0.717, 1.165) is 27.2 Å². The summed E-state index contributed by atoms with van der Waals surface area (Å²) in [6.45, 7) is 2.17. The fraction of sp³-hybridized carbons (Fsp3) is 0.160. The topological polar surface area (TPSA) is 78.5 Å². The van der Waals surface area contributed by atoms with Crippen molar-refractivity contribution < 1.29 is 14.4 Å². The van der Waals surface area contributed by atoms with Crippen molar-refractivity contribution in [1.82, 2.24) is 15.5 Å². The molecule has 1 saturated heterocycles. The Balaban J connectivity index is 1.37. The Labute approximate surface area is 180 Å². The molecule has 0 bridgehead atoms. The zero-order chi connectivity index (χ0) is 21.8. The van der Waals surface area contributed by atoms with E-state index in [1.807, 2.05) is 37.3 Å². The van der Waals surface area contributed by atoms with Gasteiger partial charge in [0.05, 0.1) is 19.1 Å². The molecule has 1 aliphatic heterocycles. The first kappa shape index (κ1) is 20.3. The number of urea groups is 1. The second-order valence-corrected chi connectivity index (χ2v) is 7.52. The third-order valence-electron chi connectivity index (χ3n) is 5.36. The molecule has 0 radical (unpaired) electrons. The number of hydrogen-bond donors (Lipinski definition) is 2. The summed E-state index contributed by atoms with van der Waals surface area (Å²) >= 11 is 0. The van der Waals surface area contributed by atoms with E-state index in [-0.39, 0.29) is 37.0 Å². The second kappa shape index (κ2) is 8.83. The number of amides is 4. The number of carbonyl (C=O) groups is 3. The van der Waals surface area contributed by atoms with Crippen LogP contribution in [0.1, 0.15) is 34.5 Å². The van der Waals surface area contributed by atoms with Crippen molar-refractivity contribution in [2.75, 3.05) is 6.54 Å². The van der Waals surface area contributed by atoms with Gasteiger partial charge in [0.15, 0.2) is 0 Å². The van der Waals surface area contributed by atoms with E-state index in [1.54, 1.807) is 24.3 Å². The second-order valence-electron chi connectivity index (χ2n) is 7.52. The molecule has 31 heavy (non-hydrogen) atoms. The van der Waals surface area contributed by atoms with Gasteiger partial charge in [-0.2, -0.15) is 0 Å². The molecule has 0 aromatic heterocycles. The zero-order valence-corrected chi connectivity index (χ0v) is 17.2. The number of hydrogen-bond acceptors (Lipinski definition) is 3. The lowest BCUT2D eigenvalue weighted by Crippen LogP contribution is -2.30. The van der Waals surface area contributed by atoms with Gasteiger partial charge in [0.1, 0.15) is 0 Å². The molecule has 4 rings (SSSR count). The molecule has 0 aliphatic carbocycles. The molecule has 2 N–H and O–H groups in total. The maximum atomic E-state index is 12.6. The first-order valence-corrected chi connectivity index (χ1v) is 10.1. The third-order valence-corrected chi connectivity index (χ3v) is 5.36. The average Bonchev–Trinajstić information content (AvgIpc) is 3.12. The fourth-order valence-electron chi connectivity index (χ4n) is 3.52. The predicted molar refractivity (Wildman–Crippen MR) is 118 cm³/mol. The van der Waals surface area contributed by atoms with E-state index in [2.05, 4.69) is 34.9 Å². The zero-order valence-electron chi connectivity index (χ0n) is 17.2. The number of carbonyl (C=O) groups excluding carboxylic acids is 3. The Bertz CT molecular complexity index is 1080. The molecular formula is C25H23N3O3. The molecule has 1 heterocycles. The minimum Gasteiger partial charge on any atom is -0.346 e. The van der Waals surface area contributed by atoms with Gasteiger partial charge in [-0.3, -0.25) is 14.5 Å². The van der Waals surface area contributed by atoms with Crippen LogP contribution in [0.5, 0.6) is 0 Å². The summed E-state index contributed by atoms with van der Waals surface area (Å²) in [7, 11) is 0. The Morgan fingerprint density at radius 1 is 0.935 bits per heavy atom. The summed E-state index contributed by atoms with van der Waals surface area (Å²) < 4.78 is 0. The molecule has 1 fully saturated rings. The van der Waals surface area contributed by atoms with Crippen molar-refractivity contribution in [2.24, 2.45) is 0 Å². The summed E-state index contributed by atoms with van der Waals surface area (Å²) in [6.07, 6.45) is 0. The molecule has 3 aromatic carbocycles. The minimum atomic E-state index is -0.390. The van der Waals surface area contributed by atoms with E-state index in [0.29, 0.717) is 5.56 Å². The van der Waals surface area contributed by atoms with Crippen LogP contribution >= 0.6 is 0 Å². The van der Waals surface area contributed by atoms with Crippen LogP contribution < -0.4 is 10.6 Å². The number of imide groups is 1. The number of nitrogens with zero attached hydrogens (tertiary/aromatic N) is 1. The van der Waals surface area contributed by atoms with E-state index in [4.69, 9.17) is 0 Å². The van der Waals surface area contributed by atoms with Crippen molar-refractivity contribution >= 4 is 17.8 Å². The predicted octanol–water partition coefficient (Wildman–Crippen LogP) is 3.90. The van der Waals surface area contributed by atoms with Crippen LogP contribution in [0.25, 0.3) is 11.1 Å². The van der Waals surface area contributed by atoms with Gasteiger partial charge in [-0.1, -0.05) is 66.7 Å². The summed E-state index contributed by atoms with van der Waals surface area (Å²) in [5.74, 6) is -0.430. The van der Waals surface area contributed by atoms with Crippen LogP contribution in [-0.2, 0) is 11.3 Å². The van der Waals surface area contributed by atoms with Crippen LogP contribution in [0.3, 0.4) is 0 Å². The van der Waals surface area contributed by atoms with Crippen LogP contribution in [-0.4, -0.2) is 29.3 Å². The van der Waals surface area contributed by atoms with Crippen LogP contribution in [0.2, 0.25) is 0 Å². The van der Waals surface area contributed by atoms with Crippen molar-refractivity contribution in [3.63, 3.8) is 0 Å². The molecule has 0 saturated carbocycles. The largest absolute Gasteiger partial charge is 0.346 e. The van der Waals surface area contributed by atoms with Crippen LogP contribution in [0.4, 0.5) is 4.79 Å². The van der Waals surface area contributed by atoms with Crippen molar-refractivity contribution in [3.8, 4) is 11.1 Å². The summed E-state index contributed by atoms with van der Waals surface area (Å²) in [5, 5.41) is 5.50. The Morgan fingerprint density at radius 2 is 1.58 bits per heavy atom. The summed E-state index contributed by atoms with van der Waals surface area (Å²) in [5.41, 5.74) is 4.60. The number of benzene rings is 3. The highest BCUT2D eigenvalue weighted by atomic mass is 16.2. The fourth-order valence-corrected chi connectivity index (χ4v) is 3.52. The van der Waals surface area contributed by atoms with Crippen molar-refractivity contribution in [1.29, 1.82) is 0 Å². The van der Waals surface area contributed by atoms with E-state index >= 15 is 0 Å². The van der Waals surface area contributed by atoms with Gasteiger partial charge in [0.2, 0.25) is 5.91 Å². The van der Waals surface area contributed by atoms with Crippen LogP contribution in [0.15, 0.2) is 78.9 Å². The lowest BCUT2D eigenvalue weighted by Gasteiger charge is -2.16. The number of rotatable bonds is 6. The van der Waals surface area contributed by atoms with Crippen molar-refractivity contribution in [2.45, 2.75) is 19.5 Å². The molecule has 6 nitrogen and oxygen atoms in total. The van der Waals surface area contributed by atoms with Gasteiger partial charge in [0, 0.05) is 5.56 Å². The van der Waals surface area contributed by atoms with E-state index in [9.17, 15) is 14.4 Å². The van der Waals surface area contributed by atoms with Gasteiger partial charge in [-0.15, -0.1) is 0 Å². The lowest BCUT2D eigenvalue weighted by molar-refractivity contribution is -0.125. The molecule has 6 heteroatoms. The SMILES string of the molecule is CC(NC(=O)c1ccc(CN2C(=O)CNC2=O)cc1)c1ccc(-c2ccccc2)cc1. The Kier molecular flexibility index (Phi) is 5.80. The molecule has 3 aromatic rings. The molecule has 1 atom stereocenters. The van der Waals surface area contributed by atoms with Gasteiger partial charge in [-0.25, -0.2) is 4.79 Å². The molecule has 156 valence electrons. The highest BCUT2D eigenvalue weighted by Gasteiger charge is 2.28. The highest BCUT2D eigenvalue weighted by molar-refractivity contribution is 6.01. The number of nitrogens with one attached hydrogen (secondary N) is 2. The maximum absolute atomic E-state index is 12.6. The first-order valence-electron chi connectivity index (χ1n) is 10.1. The quantitative estimate of drug-likeness (QED) is 0.602. The first-order chi connectivity index (χ1) is 15.0. The maximum Gasteiger partial charge on any atom is 0.324 e. The monoisotopic (exact) mass is 413 g/mol. The minimum absolute atomic E-state index is 0.0313. The average molecular weight is 413 g/mol. The standard InChI is InChI=1S/C25H23N3O3/c1-17(19-11-13-21(14-12-19)20-5-3-2-4-6-20)27-24(30)22-9-7-18(8-10-22)16-28-23(29)15-26-25(28)31/h2-14,17H,15-16H2,1H3,(H,26,31)(H,27,30). The smallest absolute Gasteiger partial charge is 0.324 e. The normalized spacial score (nSPS) is 14.3. The van der Waals surface area contributed by atoms with E-state index < -0.39 is 0 Å².